The standard InChI is InChI=1S/C4H6F3S2/c5-1-2-9-4(6,7)3-8/h1-3H2. The molecule has 0 N–H and O–H groups in total. The summed E-state index contributed by atoms with van der Waals surface area (Å²) in [6.45, 7) is -0.727. The summed E-state index contributed by atoms with van der Waals surface area (Å²) in [4.78, 5) is 0. The Labute approximate surface area is 61.6 Å². The number of rotatable bonds is 4. The minimum atomic E-state index is -2.92. The second-order valence-electron chi connectivity index (χ2n) is 1.32. The number of halogens is 3. The highest BCUT2D eigenvalue weighted by molar-refractivity contribution is 8.01. The Morgan fingerprint density at radius 1 is 1.44 bits per heavy atom. The van der Waals surface area contributed by atoms with Crippen molar-refractivity contribution in [2.75, 3.05) is 18.2 Å². The van der Waals surface area contributed by atoms with Crippen molar-refractivity contribution in [3.05, 3.63) is 0 Å². The molecule has 0 saturated heterocycles. The van der Waals surface area contributed by atoms with E-state index in [1.165, 1.54) is 0 Å². The fourth-order valence-electron chi connectivity index (χ4n) is 0.230. The van der Waals surface area contributed by atoms with Crippen LogP contribution in [0.2, 0.25) is 0 Å². The van der Waals surface area contributed by atoms with Crippen molar-refractivity contribution in [2.45, 2.75) is 5.25 Å². The molecule has 5 heteroatoms. The van der Waals surface area contributed by atoms with Crippen LogP contribution in [0.5, 0.6) is 0 Å². The van der Waals surface area contributed by atoms with Gasteiger partial charge in [-0.25, -0.2) is 0 Å². The number of alkyl halides is 3. The van der Waals surface area contributed by atoms with Gasteiger partial charge >= 0.3 is 5.25 Å². The summed E-state index contributed by atoms with van der Waals surface area (Å²) in [5, 5.41) is -2.92. The molecule has 0 aliphatic carbocycles. The first kappa shape index (κ1) is 9.49. The molecule has 0 saturated carbocycles. The lowest BCUT2D eigenvalue weighted by atomic mass is 10.8. The summed E-state index contributed by atoms with van der Waals surface area (Å²) in [5.74, 6) is -0.818. The van der Waals surface area contributed by atoms with Gasteiger partial charge in [-0.15, -0.1) is 0 Å². The molecular weight excluding hydrogens is 169 g/mol. The molecule has 0 aromatic carbocycles. The summed E-state index contributed by atoms with van der Waals surface area (Å²) in [6, 6.07) is 0. The average molecular weight is 175 g/mol. The number of hydrogen-bond donors (Lipinski definition) is 0. The molecule has 9 heavy (non-hydrogen) atoms. The van der Waals surface area contributed by atoms with Crippen LogP contribution in [0, 0.1) is 0 Å². The molecule has 0 amide bonds. The van der Waals surface area contributed by atoms with Gasteiger partial charge in [0.25, 0.3) is 0 Å². The van der Waals surface area contributed by atoms with E-state index in [1.54, 1.807) is 0 Å². The summed E-state index contributed by atoms with van der Waals surface area (Å²) < 4.78 is 35.3. The highest BCUT2D eigenvalue weighted by Crippen LogP contribution is 2.29. The molecule has 0 aromatic rings. The lowest BCUT2D eigenvalue weighted by Crippen LogP contribution is -2.13. The van der Waals surface area contributed by atoms with E-state index in [0.717, 1.165) is 0 Å². The summed E-state index contributed by atoms with van der Waals surface area (Å²) >= 11 is 4.37. The molecule has 0 heterocycles. The molecule has 0 rings (SSSR count). The highest BCUT2D eigenvalue weighted by Gasteiger charge is 2.26. The van der Waals surface area contributed by atoms with E-state index in [1.807, 2.05) is 0 Å². The average Bonchev–Trinajstić information content (AvgIpc) is 1.84. The van der Waals surface area contributed by atoms with Crippen molar-refractivity contribution < 1.29 is 13.2 Å². The van der Waals surface area contributed by atoms with E-state index in [2.05, 4.69) is 12.6 Å². The lowest BCUT2D eigenvalue weighted by molar-refractivity contribution is 0.134. The van der Waals surface area contributed by atoms with Gasteiger partial charge in [0.15, 0.2) is 0 Å². The van der Waals surface area contributed by atoms with Crippen molar-refractivity contribution in [3.63, 3.8) is 0 Å². The zero-order valence-electron chi connectivity index (χ0n) is 4.57. The largest absolute Gasteiger partial charge is 0.303 e. The molecule has 0 nitrogen and oxygen atoms in total. The molecular formula is C4H6F3S2. The minimum Gasteiger partial charge on any atom is -0.250 e. The van der Waals surface area contributed by atoms with Gasteiger partial charge < -0.3 is 0 Å². The predicted octanol–water partition coefficient (Wildman–Crippen LogP) is 2.48. The molecule has 0 spiro atoms. The first-order valence-corrected chi connectivity index (χ1v) is 3.84. The molecule has 1 radical (unpaired) electrons. The van der Waals surface area contributed by atoms with Crippen molar-refractivity contribution in [3.8, 4) is 0 Å². The normalized spacial score (nSPS) is 12.0. The van der Waals surface area contributed by atoms with Gasteiger partial charge in [0.05, 0.1) is 12.4 Å². The monoisotopic (exact) mass is 175 g/mol. The molecule has 0 aliphatic rings. The van der Waals surface area contributed by atoms with Gasteiger partial charge in [0.2, 0.25) is 0 Å². The molecule has 55 valence electrons. The summed E-state index contributed by atoms with van der Waals surface area (Å²) in [7, 11) is 0. The van der Waals surface area contributed by atoms with Crippen molar-refractivity contribution in [1.82, 2.24) is 0 Å². The molecule has 0 atom stereocenters. The zero-order valence-corrected chi connectivity index (χ0v) is 6.20. The molecule has 0 aromatic heterocycles. The van der Waals surface area contributed by atoms with Gasteiger partial charge in [0, 0.05) is 5.75 Å². The SMILES string of the molecule is FCCSC(F)(F)C[S]. The quantitative estimate of drug-likeness (QED) is 0.632. The van der Waals surface area contributed by atoms with Gasteiger partial charge in [-0.2, -0.15) is 8.78 Å². The van der Waals surface area contributed by atoms with Crippen LogP contribution in [-0.2, 0) is 0 Å². The van der Waals surface area contributed by atoms with Crippen LogP contribution in [-0.4, -0.2) is 23.4 Å². The Balaban J connectivity index is 3.33. The van der Waals surface area contributed by atoms with E-state index in [0.29, 0.717) is 0 Å². The van der Waals surface area contributed by atoms with Crippen LogP contribution in [0.1, 0.15) is 0 Å². The fraction of sp³-hybridized carbons (Fsp3) is 1.00. The highest BCUT2D eigenvalue weighted by atomic mass is 32.2. The van der Waals surface area contributed by atoms with Crippen molar-refractivity contribution >= 4 is 24.4 Å². The van der Waals surface area contributed by atoms with Gasteiger partial charge in [-0.1, -0.05) is 24.4 Å². The van der Waals surface area contributed by atoms with Gasteiger partial charge in [-0.05, 0) is 0 Å². The first-order chi connectivity index (χ1) is 4.12. The number of thioether (sulfide) groups is 1. The minimum absolute atomic E-state index is 0.177. The smallest absolute Gasteiger partial charge is 0.250 e. The van der Waals surface area contributed by atoms with Gasteiger partial charge in [-0.3, -0.25) is 4.39 Å². The third-order valence-electron chi connectivity index (χ3n) is 0.558. The topological polar surface area (TPSA) is 0 Å². The van der Waals surface area contributed by atoms with Gasteiger partial charge in [0.1, 0.15) is 0 Å². The Hall–Kier alpha value is 0.490. The second-order valence-corrected chi connectivity index (χ2v) is 2.90. The van der Waals surface area contributed by atoms with Crippen LogP contribution in [0.25, 0.3) is 0 Å². The summed E-state index contributed by atoms with van der Waals surface area (Å²) in [5.41, 5.74) is 0. The van der Waals surface area contributed by atoms with E-state index in [4.69, 9.17) is 0 Å². The first-order valence-electron chi connectivity index (χ1n) is 2.28. The van der Waals surface area contributed by atoms with E-state index in [9.17, 15) is 13.2 Å². The van der Waals surface area contributed by atoms with Crippen LogP contribution in [0.15, 0.2) is 0 Å². The molecule has 0 fully saturated rings. The van der Waals surface area contributed by atoms with Crippen LogP contribution in [0.3, 0.4) is 0 Å². The van der Waals surface area contributed by atoms with Crippen LogP contribution < -0.4 is 0 Å². The maximum Gasteiger partial charge on any atom is 0.303 e. The Bertz CT molecular complexity index is 76.2. The lowest BCUT2D eigenvalue weighted by Gasteiger charge is -2.09. The van der Waals surface area contributed by atoms with Crippen molar-refractivity contribution in [2.24, 2.45) is 0 Å². The third kappa shape index (κ3) is 4.96. The number of hydrogen-bond acceptors (Lipinski definition) is 1. The van der Waals surface area contributed by atoms with Crippen molar-refractivity contribution in [1.29, 1.82) is 0 Å². The molecule has 0 bridgehead atoms. The second kappa shape index (κ2) is 4.33. The zero-order chi connectivity index (χ0) is 7.33. The van der Waals surface area contributed by atoms with Crippen LogP contribution in [0.4, 0.5) is 13.2 Å². The Kier molecular flexibility index (Phi) is 4.56. The maximum absolute atomic E-state index is 12.0. The van der Waals surface area contributed by atoms with E-state index in [-0.39, 0.29) is 17.5 Å². The Morgan fingerprint density at radius 2 is 2.00 bits per heavy atom. The fourth-order valence-corrected chi connectivity index (χ4v) is 0.939. The Morgan fingerprint density at radius 3 is 2.33 bits per heavy atom. The predicted molar refractivity (Wildman–Crippen MR) is 35.8 cm³/mol. The van der Waals surface area contributed by atoms with E-state index < -0.39 is 17.7 Å². The van der Waals surface area contributed by atoms with Crippen LogP contribution >= 0.6 is 24.4 Å². The molecule has 0 unspecified atom stereocenters. The molecule has 0 aliphatic heterocycles. The summed E-state index contributed by atoms with van der Waals surface area (Å²) in [6.07, 6.45) is 0. The maximum atomic E-state index is 12.0. The van der Waals surface area contributed by atoms with E-state index >= 15 is 0 Å². The third-order valence-corrected chi connectivity index (χ3v) is 2.03.